The average molecular weight is 442 g/mol. The summed E-state index contributed by atoms with van der Waals surface area (Å²) in [5.41, 5.74) is 3.15. The van der Waals surface area contributed by atoms with Gasteiger partial charge in [0.1, 0.15) is 17.2 Å². The van der Waals surface area contributed by atoms with Crippen LogP contribution in [0.5, 0.6) is 11.5 Å². The second-order valence-corrected chi connectivity index (χ2v) is 7.95. The van der Waals surface area contributed by atoms with E-state index >= 15 is 0 Å². The van der Waals surface area contributed by atoms with Gasteiger partial charge < -0.3 is 24.3 Å². The van der Waals surface area contributed by atoms with E-state index in [2.05, 4.69) is 5.32 Å². The molecule has 1 aromatic heterocycles. The van der Waals surface area contributed by atoms with E-state index in [4.69, 9.17) is 21.1 Å². The number of aromatic nitrogens is 1. The predicted octanol–water partition coefficient (Wildman–Crippen LogP) is 4.54. The predicted molar refractivity (Wildman–Crippen MR) is 122 cm³/mol. The zero-order valence-corrected chi connectivity index (χ0v) is 18.7. The first-order valence-electron chi connectivity index (χ1n) is 9.98. The Kier molecular flexibility index (Phi) is 5.54. The third-order valence-electron chi connectivity index (χ3n) is 5.67. The number of anilines is 2. The van der Waals surface area contributed by atoms with Crippen molar-refractivity contribution in [2.45, 2.75) is 19.8 Å². The van der Waals surface area contributed by atoms with Crippen molar-refractivity contribution in [3.05, 3.63) is 46.6 Å². The van der Waals surface area contributed by atoms with Crippen molar-refractivity contribution in [1.82, 2.24) is 4.57 Å². The number of carbonyl (C=O) groups is 2. The molecule has 3 aromatic rings. The Hall–Kier alpha value is -3.19. The molecule has 0 spiro atoms. The minimum absolute atomic E-state index is 0.00397. The molecule has 1 saturated heterocycles. The standard InChI is InChI=1S/C23H24ClN3O4/c1-13-10-17(19(31-4)12-16(13)24)25-23(29)22-21(27-9-5-6-20(27)28)15-11-14(30-3)7-8-18(15)26(22)2/h7-8,10-12H,5-6,9H2,1-4H3,(H,25,29). The number of carbonyl (C=O) groups excluding carboxylic acids is 2. The molecular weight excluding hydrogens is 418 g/mol. The average Bonchev–Trinajstić information content (AvgIpc) is 3.30. The van der Waals surface area contributed by atoms with Crippen LogP contribution in [-0.4, -0.2) is 37.1 Å². The number of rotatable bonds is 5. The molecule has 8 heteroatoms. The Morgan fingerprint density at radius 1 is 1.16 bits per heavy atom. The Labute approximate surface area is 185 Å². The molecular formula is C23H24ClN3O4. The summed E-state index contributed by atoms with van der Waals surface area (Å²) in [5, 5.41) is 4.29. The lowest BCUT2D eigenvalue weighted by molar-refractivity contribution is -0.117. The van der Waals surface area contributed by atoms with Crippen LogP contribution in [-0.2, 0) is 11.8 Å². The van der Waals surface area contributed by atoms with Crippen LogP contribution in [0.25, 0.3) is 10.9 Å². The summed E-state index contributed by atoms with van der Waals surface area (Å²) in [6, 6.07) is 9.03. The quantitative estimate of drug-likeness (QED) is 0.631. The molecule has 1 aliphatic rings. The maximum Gasteiger partial charge on any atom is 0.274 e. The third kappa shape index (κ3) is 3.59. The summed E-state index contributed by atoms with van der Waals surface area (Å²) in [6.45, 7) is 2.42. The van der Waals surface area contributed by atoms with Crippen molar-refractivity contribution in [3.8, 4) is 11.5 Å². The fraction of sp³-hybridized carbons (Fsp3) is 0.304. The highest BCUT2D eigenvalue weighted by molar-refractivity contribution is 6.31. The molecule has 0 radical (unpaired) electrons. The first-order valence-corrected chi connectivity index (χ1v) is 10.4. The monoisotopic (exact) mass is 441 g/mol. The van der Waals surface area contributed by atoms with E-state index < -0.39 is 0 Å². The second kappa shape index (κ2) is 8.15. The number of methoxy groups -OCH3 is 2. The Bertz CT molecular complexity index is 1200. The molecule has 1 aliphatic heterocycles. The van der Waals surface area contributed by atoms with E-state index in [0.29, 0.717) is 46.6 Å². The van der Waals surface area contributed by atoms with Gasteiger partial charge in [-0.05, 0) is 43.2 Å². The van der Waals surface area contributed by atoms with Crippen LogP contribution in [0.3, 0.4) is 0 Å². The molecule has 2 aromatic carbocycles. The minimum atomic E-state index is -0.340. The molecule has 0 unspecified atom stereocenters. The van der Waals surface area contributed by atoms with Crippen molar-refractivity contribution in [2.75, 3.05) is 31.0 Å². The molecule has 7 nitrogen and oxygen atoms in total. The van der Waals surface area contributed by atoms with Gasteiger partial charge in [-0.2, -0.15) is 0 Å². The molecule has 162 valence electrons. The van der Waals surface area contributed by atoms with Crippen molar-refractivity contribution in [2.24, 2.45) is 7.05 Å². The van der Waals surface area contributed by atoms with Crippen molar-refractivity contribution >= 4 is 45.7 Å². The number of nitrogens with one attached hydrogen (secondary N) is 1. The number of aryl methyl sites for hydroxylation is 2. The van der Waals surface area contributed by atoms with E-state index in [-0.39, 0.29) is 11.8 Å². The smallest absolute Gasteiger partial charge is 0.274 e. The molecule has 4 rings (SSSR count). The van der Waals surface area contributed by atoms with Gasteiger partial charge in [0.15, 0.2) is 0 Å². The van der Waals surface area contributed by atoms with E-state index in [9.17, 15) is 9.59 Å². The van der Waals surface area contributed by atoms with Gasteiger partial charge in [0.2, 0.25) is 5.91 Å². The second-order valence-electron chi connectivity index (χ2n) is 7.54. The zero-order chi connectivity index (χ0) is 22.3. The first kappa shape index (κ1) is 21.1. The molecule has 0 bridgehead atoms. The summed E-state index contributed by atoms with van der Waals surface area (Å²) < 4.78 is 12.6. The number of hydrogen-bond donors (Lipinski definition) is 1. The number of halogens is 1. The molecule has 1 fully saturated rings. The van der Waals surface area contributed by atoms with Gasteiger partial charge in [-0.25, -0.2) is 0 Å². The van der Waals surface area contributed by atoms with Crippen LogP contribution in [0.4, 0.5) is 11.4 Å². The lowest BCUT2D eigenvalue weighted by Crippen LogP contribution is -2.27. The van der Waals surface area contributed by atoms with E-state index in [1.165, 1.54) is 7.11 Å². The Morgan fingerprint density at radius 3 is 2.58 bits per heavy atom. The number of benzene rings is 2. The number of fused-ring (bicyclic) bond motifs is 1. The lowest BCUT2D eigenvalue weighted by Gasteiger charge is -2.18. The van der Waals surface area contributed by atoms with Gasteiger partial charge in [-0.15, -0.1) is 0 Å². The highest BCUT2D eigenvalue weighted by Gasteiger charge is 2.31. The highest BCUT2D eigenvalue weighted by Crippen LogP contribution is 2.39. The minimum Gasteiger partial charge on any atom is -0.497 e. The van der Waals surface area contributed by atoms with Crippen molar-refractivity contribution < 1.29 is 19.1 Å². The molecule has 0 aliphatic carbocycles. The lowest BCUT2D eigenvalue weighted by atomic mass is 10.1. The number of ether oxygens (including phenoxy) is 2. The maximum atomic E-state index is 13.5. The topological polar surface area (TPSA) is 72.8 Å². The summed E-state index contributed by atoms with van der Waals surface area (Å²) >= 11 is 6.20. The number of nitrogens with zero attached hydrogens (tertiary/aromatic N) is 2. The molecule has 2 amide bonds. The van der Waals surface area contributed by atoms with Gasteiger partial charge in [0.25, 0.3) is 5.91 Å². The van der Waals surface area contributed by atoms with Crippen LogP contribution in [0.15, 0.2) is 30.3 Å². The van der Waals surface area contributed by atoms with Crippen LogP contribution < -0.4 is 19.7 Å². The molecule has 2 heterocycles. The summed E-state index contributed by atoms with van der Waals surface area (Å²) in [6.07, 6.45) is 1.22. The summed E-state index contributed by atoms with van der Waals surface area (Å²) in [4.78, 5) is 27.8. The van der Waals surface area contributed by atoms with Crippen LogP contribution in [0.1, 0.15) is 28.9 Å². The van der Waals surface area contributed by atoms with Crippen LogP contribution in [0, 0.1) is 6.92 Å². The number of amides is 2. The van der Waals surface area contributed by atoms with Gasteiger partial charge >= 0.3 is 0 Å². The maximum absolute atomic E-state index is 13.5. The van der Waals surface area contributed by atoms with E-state index in [0.717, 1.165) is 22.9 Å². The van der Waals surface area contributed by atoms with Crippen molar-refractivity contribution in [1.29, 1.82) is 0 Å². The first-order chi connectivity index (χ1) is 14.8. The molecule has 31 heavy (non-hydrogen) atoms. The van der Waals surface area contributed by atoms with Crippen LogP contribution >= 0.6 is 11.6 Å². The molecule has 1 N–H and O–H groups in total. The SMILES string of the molecule is COc1ccc2c(c1)c(N1CCCC1=O)c(C(=O)Nc1cc(C)c(Cl)cc1OC)n2C. The van der Waals surface area contributed by atoms with E-state index in [1.54, 1.807) is 28.7 Å². The normalized spacial score (nSPS) is 13.7. The van der Waals surface area contributed by atoms with E-state index in [1.807, 2.05) is 32.2 Å². The van der Waals surface area contributed by atoms with Gasteiger partial charge in [-0.3, -0.25) is 9.59 Å². The highest BCUT2D eigenvalue weighted by atomic mass is 35.5. The summed E-state index contributed by atoms with van der Waals surface area (Å²) in [5.74, 6) is 0.785. The van der Waals surface area contributed by atoms with Crippen molar-refractivity contribution in [3.63, 3.8) is 0 Å². The molecule has 0 saturated carbocycles. The Balaban J connectivity index is 1.87. The number of hydrogen-bond acceptors (Lipinski definition) is 4. The third-order valence-corrected chi connectivity index (χ3v) is 6.07. The van der Waals surface area contributed by atoms with Gasteiger partial charge in [-0.1, -0.05) is 11.6 Å². The molecule has 0 atom stereocenters. The largest absolute Gasteiger partial charge is 0.497 e. The fourth-order valence-corrected chi connectivity index (χ4v) is 4.21. The zero-order valence-electron chi connectivity index (χ0n) is 17.9. The van der Waals surface area contributed by atoms with Gasteiger partial charge in [0, 0.05) is 36.5 Å². The fourth-order valence-electron chi connectivity index (χ4n) is 4.06. The Morgan fingerprint density at radius 2 is 1.94 bits per heavy atom. The summed E-state index contributed by atoms with van der Waals surface area (Å²) in [7, 11) is 4.93. The van der Waals surface area contributed by atoms with Gasteiger partial charge in [0.05, 0.1) is 31.1 Å². The van der Waals surface area contributed by atoms with Crippen LogP contribution in [0.2, 0.25) is 5.02 Å².